The van der Waals surface area contributed by atoms with Gasteiger partial charge in [0.2, 0.25) is 5.91 Å². The summed E-state index contributed by atoms with van der Waals surface area (Å²) < 4.78 is 5.01. The molecule has 0 spiro atoms. The minimum Gasteiger partial charge on any atom is -0.382 e. The predicted molar refractivity (Wildman–Crippen MR) is 102 cm³/mol. The number of ether oxygens (including phenoxy) is 1. The zero-order valence-electron chi connectivity index (χ0n) is 14.8. The highest BCUT2D eigenvalue weighted by atomic mass is 35.5. The molecular formula is C17H27Cl2N3O2. The molecule has 1 heterocycles. The van der Waals surface area contributed by atoms with Crippen molar-refractivity contribution < 1.29 is 9.53 Å². The number of carbonyl (C=O) groups excluding carboxylic acids is 1. The maximum absolute atomic E-state index is 10.6. The highest BCUT2D eigenvalue weighted by Crippen LogP contribution is 2.19. The minimum atomic E-state index is 0.104. The first-order chi connectivity index (χ1) is 11.4. The van der Waals surface area contributed by atoms with Gasteiger partial charge in [0, 0.05) is 26.8 Å². The fourth-order valence-corrected chi connectivity index (χ4v) is 1.77. The van der Waals surface area contributed by atoms with Crippen molar-refractivity contribution in [3.63, 3.8) is 0 Å². The molecule has 1 aliphatic heterocycles. The van der Waals surface area contributed by atoms with Crippen LogP contribution in [0.15, 0.2) is 29.4 Å². The summed E-state index contributed by atoms with van der Waals surface area (Å²) >= 11 is 11.2. The fraction of sp³-hybridized carbons (Fsp3) is 0.529. The number of hydrogen-bond acceptors (Lipinski definition) is 4. The van der Waals surface area contributed by atoms with Crippen molar-refractivity contribution in [3.8, 4) is 0 Å². The van der Waals surface area contributed by atoms with Gasteiger partial charge in [0.05, 0.1) is 16.1 Å². The highest BCUT2D eigenvalue weighted by Gasteiger charge is 2.08. The second kappa shape index (κ2) is 14.2. The van der Waals surface area contributed by atoms with Crippen LogP contribution in [0.1, 0.15) is 26.2 Å². The molecule has 1 aromatic rings. The van der Waals surface area contributed by atoms with Crippen molar-refractivity contribution in [2.75, 3.05) is 27.7 Å². The zero-order chi connectivity index (χ0) is 18.4. The molecule has 7 heteroatoms. The van der Waals surface area contributed by atoms with Gasteiger partial charge in [-0.1, -0.05) is 35.3 Å². The lowest BCUT2D eigenvalue weighted by molar-refractivity contribution is -0.130. The molecule has 0 bridgehead atoms. The number of benzene rings is 1. The van der Waals surface area contributed by atoms with E-state index in [1.807, 2.05) is 19.2 Å². The first-order valence-corrected chi connectivity index (χ1v) is 8.54. The number of amides is 1. The molecule has 1 N–H and O–H groups in total. The van der Waals surface area contributed by atoms with Gasteiger partial charge >= 0.3 is 0 Å². The van der Waals surface area contributed by atoms with Gasteiger partial charge in [0.15, 0.2) is 0 Å². The summed E-state index contributed by atoms with van der Waals surface area (Å²) in [5.41, 5.74) is 0. The van der Waals surface area contributed by atoms with Crippen LogP contribution in [0.25, 0.3) is 0 Å². The van der Waals surface area contributed by atoms with E-state index in [4.69, 9.17) is 27.9 Å². The number of hydrazone groups is 1. The molecule has 1 aromatic carbocycles. The van der Waals surface area contributed by atoms with E-state index in [1.54, 1.807) is 32.5 Å². The van der Waals surface area contributed by atoms with Gasteiger partial charge < -0.3 is 10.1 Å². The average molecular weight is 376 g/mol. The Labute approximate surface area is 155 Å². The monoisotopic (exact) mass is 375 g/mol. The van der Waals surface area contributed by atoms with Crippen LogP contribution in [0.5, 0.6) is 0 Å². The van der Waals surface area contributed by atoms with Crippen LogP contribution in [0, 0.1) is 0 Å². The molecule has 0 saturated heterocycles. The maximum atomic E-state index is 10.6. The van der Waals surface area contributed by atoms with E-state index in [1.165, 1.54) is 5.01 Å². The normalized spacial score (nSPS) is 14.2. The number of methoxy groups -OCH3 is 1. The first-order valence-electron chi connectivity index (χ1n) is 7.78. The molecule has 0 aromatic heterocycles. The van der Waals surface area contributed by atoms with Crippen LogP contribution < -0.4 is 5.32 Å². The summed E-state index contributed by atoms with van der Waals surface area (Å²) in [6, 6.07) is 7.19. The Balaban J connectivity index is 0.000000331. The standard InChI is InChI=1S/C6H4Cl2.C6H15NO.C5H8N2O/c7-5-3-1-2-4-6(5)8;1-6(8-3)4-5-7-2;1-7-5(8)3-2-4-6-7/h1-4H;6-7H,4-5H2,1-3H3;4H,2-3H2,1H3. The molecule has 0 fully saturated rings. The molecule has 1 amide bonds. The van der Waals surface area contributed by atoms with Gasteiger partial charge in [0.25, 0.3) is 0 Å². The molecule has 1 aliphatic rings. The number of nitrogens with one attached hydrogen (secondary N) is 1. The van der Waals surface area contributed by atoms with E-state index in [0.717, 1.165) is 19.4 Å². The van der Waals surface area contributed by atoms with E-state index in [2.05, 4.69) is 17.3 Å². The Morgan fingerprint density at radius 1 is 1.33 bits per heavy atom. The van der Waals surface area contributed by atoms with Gasteiger partial charge in [-0.2, -0.15) is 5.10 Å². The van der Waals surface area contributed by atoms with Gasteiger partial charge in [-0.05, 0) is 45.5 Å². The summed E-state index contributed by atoms with van der Waals surface area (Å²) in [6.45, 7) is 3.10. The van der Waals surface area contributed by atoms with Crippen molar-refractivity contribution >= 4 is 35.3 Å². The summed E-state index contributed by atoms with van der Waals surface area (Å²) in [5, 5.41) is 9.40. The van der Waals surface area contributed by atoms with Gasteiger partial charge in [-0.15, -0.1) is 0 Å². The van der Waals surface area contributed by atoms with Gasteiger partial charge in [0.1, 0.15) is 0 Å². The summed E-state index contributed by atoms with van der Waals surface area (Å²) in [5.74, 6) is 0.104. The van der Waals surface area contributed by atoms with Crippen LogP contribution in [0.2, 0.25) is 10.0 Å². The third-order valence-electron chi connectivity index (χ3n) is 3.13. The van der Waals surface area contributed by atoms with Crippen molar-refractivity contribution in [1.29, 1.82) is 0 Å². The van der Waals surface area contributed by atoms with E-state index in [9.17, 15) is 4.79 Å². The Kier molecular flexibility index (Phi) is 13.5. The maximum Gasteiger partial charge on any atom is 0.242 e. The third kappa shape index (κ3) is 11.4. The molecule has 24 heavy (non-hydrogen) atoms. The van der Waals surface area contributed by atoms with Gasteiger partial charge in [-0.25, -0.2) is 5.01 Å². The minimum absolute atomic E-state index is 0.104. The molecule has 1 atom stereocenters. The Bertz CT molecular complexity index is 477. The largest absolute Gasteiger partial charge is 0.382 e. The quantitative estimate of drug-likeness (QED) is 0.869. The Hall–Kier alpha value is -1.14. The predicted octanol–water partition coefficient (Wildman–Crippen LogP) is 3.85. The molecule has 0 radical (unpaired) electrons. The van der Waals surface area contributed by atoms with Crippen molar-refractivity contribution in [1.82, 2.24) is 10.3 Å². The molecule has 5 nitrogen and oxygen atoms in total. The second-order valence-electron chi connectivity index (χ2n) is 5.11. The fourth-order valence-electron chi connectivity index (χ4n) is 1.50. The van der Waals surface area contributed by atoms with Crippen molar-refractivity contribution in [2.45, 2.75) is 32.3 Å². The summed E-state index contributed by atoms with van der Waals surface area (Å²) in [7, 11) is 5.35. The van der Waals surface area contributed by atoms with E-state index >= 15 is 0 Å². The van der Waals surface area contributed by atoms with Crippen LogP contribution in [-0.4, -0.2) is 51.0 Å². The molecular weight excluding hydrogens is 349 g/mol. The zero-order valence-corrected chi connectivity index (χ0v) is 16.3. The van der Waals surface area contributed by atoms with E-state index < -0.39 is 0 Å². The molecule has 136 valence electrons. The van der Waals surface area contributed by atoms with E-state index in [0.29, 0.717) is 22.6 Å². The molecule has 0 saturated carbocycles. The third-order valence-corrected chi connectivity index (χ3v) is 3.89. The number of rotatable bonds is 4. The van der Waals surface area contributed by atoms with Crippen molar-refractivity contribution in [2.24, 2.45) is 5.10 Å². The SMILES string of the molecule is CN1N=CCCC1=O.CNCCC(C)OC.Clc1ccccc1Cl. The lowest BCUT2D eigenvalue weighted by Gasteiger charge is -2.12. The molecule has 2 rings (SSSR count). The lowest BCUT2D eigenvalue weighted by atomic mass is 10.3. The Morgan fingerprint density at radius 2 is 1.92 bits per heavy atom. The van der Waals surface area contributed by atoms with Crippen LogP contribution in [0.3, 0.4) is 0 Å². The van der Waals surface area contributed by atoms with Gasteiger partial charge in [-0.3, -0.25) is 4.79 Å². The topological polar surface area (TPSA) is 53.9 Å². The number of nitrogens with zero attached hydrogens (tertiary/aromatic N) is 2. The number of hydrogen-bond donors (Lipinski definition) is 1. The average Bonchev–Trinajstić information content (AvgIpc) is 2.59. The van der Waals surface area contributed by atoms with E-state index in [-0.39, 0.29) is 5.91 Å². The summed E-state index contributed by atoms with van der Waals surface area (Å²) in [6.07, 6.45) is 4.64. The lowest BCUT2D eigenvalue weighted by Crippen LogP contribution is -2.23. The van der Waals surface area contributed by atoms with Crippen LogP contribution >= 0.6 is 23.2 Å². The van der Waals surface area contributed by atoms with Crippen molar-refractivity contribution in [3.05, 3.63) is 34.3 Å². The molecule has 1 unspecified atom stereocenters. The number of carbonyl (C=O) groups is 1. The summed E-state index contributed by atoms with van der Waals surface area (Å²) in [4.78, 5) is 10.6. The van der Waals surface area contributed by atoms with Crippen LogP contribution in [0.4, 0.5) is 0 Å². The second-order valence-corrected chi connectivity index (χ2v) is 5.92. The Morgan fingerprint density at radius 3 is 2.25 bits per heavy atom. The first kappa shape index (κ1) is 22.9. The highest BCUT2D eigenvalue weighted by molar-refractivity contribution is 6.41. The molecule has 0 aliphatic carbocycles. The smallest absolute Gasteiger partial charge is 0.242 e. The number of halogens is 2. The van der Waals surface area contributed by atoms with Crippen LogP contribution in [-0.2, 0) is 9.53 Å².